The Morgan fingerprint density at radius 2 is 2.05 bits per heavy atom. The molecule has 0 saturated carbocycles. The highest BCUT2D eigenvalue weighted by Gasteiger charge is 2.19. The van der Waals surface area contributed by atoms with E-state index in [2.05, 4.69) is 60.0 Å². The van der Waals surface area contributed by atoms with E-state index in [0.29, 0.717) is 5.92 Å². The van der Waals surface area contributed by atoms with Gasteiger partial charge in [-0.15, -0.1) is 0 Å². The van der Waals surface area contributed by atoms with Crippen LogP contribution in [-0.4, -0.2) is 9.38 Å². The zero-order valence-electron chi connectivity index (χ0n) is 12.7. The molecule has 108 valence electrons. The first kappa shape index (κ1) is 12.2. The van der Waals surface area contributed by atoms with Gasteiger partial charge in [-0.3, -0.25) is 4.40 Å². The lowest BCUT2D eigenvalue weighted by molar-refractivity contribution is 0.591. The lowest BCUT2D eigenvalue weighted by Crippen LogP contribution is -2.06. The molecule has 2 heterocycles. The molecule has 5 rings (SSSR count). The molecule has 2 heteroatoms. The van der Waals surface area contributed by atoms with Gasteiger partial charge in [0.15, 0.2) is 0 Å². The standard InChI is InChI=1S/C20H18N2/c1-13-5-4-7-15-11-18-19(12-17(13)15)22-10-9-14-6-2-3-8-16(14)20(22)21-18/h2-3,6,8-13H,4-5,7H2,1H3/t13-/m1/s1. The number of nitrogens with zero attached hydrogens (tertiary/aromatic N) is 2. The van der Waals surface area contributed by atoms with E-state index >= 15 is 0 Å². The molecule has 22 heavy (non-hydrogen) atoms. The number of pyridine rings is 1. The highest BCUT2D eigenvalue weighted by molar-refractivity contribution is 5.98. The Morgan fingerprint density at radius 3 is 3.00 bits per heavy atom. The predicted molar refractivity (Wildman–Crippen MR) is 91.6 cm³/mol. The van der Waals surface area contributed by atoms with Crippen LogP contribution in [0.4, 0.5) is 0 Å². The van der Waals surface area contributed by atoms with E-state index in [9.17, 15) is 0 Å². The van der Waals surface area contributed by atoms with Crippen LogP contribution in [0, 0.1) is 0 Å². The fourth-order valence-electron chi connectivity index (χ4n) is 3.97. The Hall–Kier alpha value is -2.35. The Balaban J connectivity index is 1.92. The average molecular weight is 286 g/mol. The molecule has 2 nitrogen and oxygen atoms in total. The first-order valence-corrected chi connectivity index (χ1v) is 8.13. The van der Waals surface area contributed by atoms with Gasteiger partial charge in [0.2, 0.25) is 0 Å². The molecule has 0 aliphatic heterocycles. The topological polar surface area (TPSA) is 17.3 Å². The summed E-state index contributed by atoms with van der Waals surface area (Å²) in [5.41, 5.74) is 6.47. The number of rotatable bonds is 0. The molecule has 0 N–H and O–H groups in total. The van der Waals surface area contributed by atoms with Gasteiger partial charge in [0.05, 0.1) is 11.0 Å². The van der Waals surface area contributed by atoms with Gasteiger partial charge >= 0.3 is 0 Å². The minimum absolute atomic E-state index is 0.666. The monoisotopic (exact) mass is 286 g/mol. The number of hydrogen-bond acceptors (Lipinski definition) is 1. The van der Waals surface area contributed by atoms with Crippen molar-refractivity contribution in [3.8, 4) is 0 Å². The van der Waals surface area contributed by atoms with Crippen LogP contribution in [0.1, 0.15) is 36.8 Å². The van der Waals surface area contributed by atoms with Crippen LogP contribution >= 0.6 is 0 Å². The van der Waals surface area contributed by atoms with Gasteiger partial charge in [-0.25, -0.2) is 4.98 Å². The SMILES string of the molecule is C[C@@H]1CCCc2cc3nc4c5ccccc5ccn4c3cc21. The lowest BCUT2D eigenvalue weighted by Gasteiger charge is -2.22. The highest BCUT2D eigenvalue weighted by Crippen LogP contribution is 2.35. The maximum Gasteiger partial charge on any atom is 0.145 e. The van der Waals surface area contributed by atoms with Crippen molar-refractivity contribution < 1.29 is 0 Å². The van der Waals surface area contributed by atoms with E-state index in [1.165, 1.54) is 46.7 Å². The molecule has 0 unspecified atom stereocenters. The number of fused-ring (bicyclic) bond motifs is 6. The second-order valence-electron chi connectivity index (χ2n) is 6.54. The predicted octanol–water partition coefficient (Wildman–Crippen LogP) is 5.08. The van der Waals surface area contributed by atoms with Gasteiger partial charge in [0, 0.05) is 11.6 Å². The van der Waals surface area contributed by atoms with E-state index in [1.807, 2.05) is 0 Å². The molecule has 1 aliphatic rings. The third kappa shape index (κ3) is 1.58. The third-order valence-electron chi connectivity index (χ3n) is 5.17. The van der Waals surface area contributed by atoms with Gasteiger partial charge in [-0.2, -0.15) is 0 Å². The van der Waals surface area contributed by atoms with Crippen molar-refractivity contribution in [3.05, 3.63) is 59.8 Å². The van der Waals surface area contributed by atoms with Crippen molar-refractivity contribution in [1.82, 2.24) is 9.38 Å². The third-order valence-corrected chi connectivity index (χ3v) is 5.17. The Bertz CT molecular complexity index is 1030. The summed E-state index contributed by atoms with van der Waals surface area (Å²) < 4.78 is 2.25. The number of aryl methyl sites for hydroxylation is 1. The summed E-state index contributed by atoms with van der Waals surface area (Å²) in [6, 6.07) is 15.4. The molecule has 0 spiro atoms. The minimum Gasteiger partial charge on any atom is -0.299 e. The molecule has 1 aliphatic carbocycles. The molecule has 2 aromatic carbocycles. The van der Waals surface area contributed by atoms with E-state index < -0.39 is 0 Å². The molecular formula is C20H18N2. The summed E-state index contributed by atoms with van der Waals surface area (Å²) >= 11 is 0. The van der Waals surface area contributed by atoms with Crippen molar-refractivity contribution >= 4 is 27.5 Å². The number of hydrogen-bond donors (Lipinski definition) is 0. The first-order chi connectivity index (χ1) is 10.8. The van der Waals surface area contributed by atoms with Crippen molar-refractivity contribution in [2.75, 3.05) is 0 Å². The molecule has 2 aromatic heterocycles. The van der Waals surface area contributed by atoms with Gasteiger partial charge in [0.25, 0.3) is 0 Å². The maximum atomic E-state index is 4.94. The Kier molecular flexibility index (Phi) is 2.40. The summed E-state index contributed by atoms with van der Waals surface area (Å²) in [5.74, 6) is 0.666. The van der Waals surface area contributed by atoms with Gasteiger partial charge in [0.1, 0.15) is 5.65 Å². The molecule has 0 fully saturated rings. The highest BCUT2D eigenvalue weighted by atomic mass is 15.0. The van der Waals surface area contributed by atoms with Crippen LogP contribution in [0.25, 0.3) is 27.5 Å². The normalized spacial score (nSPS) is 18.1. The molecule has 0 amide bonds. The second-order valence-corrected chi connectivity index (χ2v) is 6.54. The fourth-order valence-corrected chi connectivity index (χ4v) is 3.97. The molecule has 4 aromatic rings. The Labute approximate surface area is 129 Å². The van der Waals surface area contributed by atoms with E-state index in [-0.39, 0.29) is 0 Å². The van der Waals surface area contributed by atoms with Crippen LogP contribution in [0.3, 0.4) is 0 Å². The number of aromatic nitrogens is 2. The second kappa shape index (κ2) is 4.33. The van der Waals surface area contributed by atoms with E-state index in [0.717, 1.165) is 11.2 Å². The van der Waals surface area contributed by atoms with Crippen molar-refractivity contribution in [2.24, 2.45) is 0 Å². The number of benzene rings is 2. The van der Waals surface area contributed by atoms with Crippen LogP contribution in [0.15, 0.2) is 48.7 Å². The van der Waals surface area contributed by atoms with Crippen molar-refractivity contribution in [1.29, 1.82) is 0 Å². The quantitative estimate of drug-likeness (QED) is 0.440. The average Bonchev–Trinajstić information content (AvgIpc) is 2.91. The Morgan fingerprint density at radius 1 is 1.14 bits per heavy atom. The molecule has 0 saturated heterocycles. The fraction of sp³-hybridized carbons (Fsp3) is 0.250. The van der Waals surface area contributed by atoms with Gasteiger partial charge < -0.3 is 0 Å². The zero-order chi connectivity index (χ0) is 14.7. The van der Waals surface area contributed by atoms with Gasteiger partial charge in [-0.05, 0) is 59.9 Å². The summed E-state index contributed by atoms with van der Waals surface area (Å²) in [5, 5.41) is 2.48. The smallest absolute Gasteiger partial charge is 0.145 e. The summed E-state index contributed by atoms with van der Waals surface area (Å²) in [6.07, 6.45) is 5.96. The van der Waals surface area contributed by atoms with Crippen molar-refractivity contribution in [2.45, 2.75) is 32.1 Å². The molecule has 0 bridgehead atoms. The molecular weight excluding hydrogens is 268 g/mol. The minimum atomic E-state index is 0.666. The molecule has 1 atom stereocenters. The van der Waals surface area contributed by atoms with Gasteiger partial charge in [-0.1, -0.05) is 31.2 Å². The van der Waals surface area contributed by atoms with Crippen LogP contribution < -0.4 is 0 Å². The van der Waals surface area contributed by atoms with Crippen LogP contribution in [-0.2, 0) is 6.42 Å². The summed E-state index contributed by atoms with van der Waals surface area (Å²) in [6.45, 7) is 2.35. The zero-order valence-corrected chi connectivity index (χ0v) is 12.7. The number of imidazole rings is 1. The van der Waals surface area contributed by atoms with Crippen molar-refractivity contribution in [3.63, 3.8) is 0 Å². The van der Waals surface area contributed by atoms with E-state index in [1.54, 1.807) is 0 Å². The first-order valence-electron chi connectivity index (χ1n) is 8.13. The maximum absolute atomic E-state index is 4.94. The largest absolute Gasteiger partial charge is 0.299 e. The summed E-state index contributed by atoms with van der Waals surface area (Å²) in [7, 11) is 0. The van der Waals surface area contributed by atoms with Crippen LogP contribution in [0.5, 0.6) is 0 Å². The van der Waals surface area contributed by atoms with Crippen LogP contribution in [0.2, 0.25) is 0 Å². The molecule has 0 radical (unpaired) electrons. The summed E-state index contributed by atoms with van der Waals surface area (Å²) in [4.78, 5) is 4.94. The lowest BCUT2D eigenvalue weighted by atomic mass is 9.84. The van der Waals surface area contributed by atoms with E-state index in [4.69, 9.17) is 4.98 Å².